The number of halogens is 7. The van der Waals surface area contributed by atoms with Crippen molar-refractivity contribution in [2.75, 3.05) is 0 Å². The number of benzene rings is 2. The van der Waals surface area contributed by atoms with Crippen LogP contribution in [0.1, 0.15) is 0 Å². The summed E-state index contributed by atoms with van der Waals surface area (Å²) in [7, 11) is 0. The number of para-hydroxylation sites is 1. The average molecular weight is 450 g/mol. The van der Waals surface area contributed by atoms with Gasteiger partial charge in [-0.2, -0.15) is 0 Å². The minimum atomic E-state index is -1.74. The van der Waals surface area contributed by atoms with E-state index in [0.717, 1.165) is 18.2 Å². The fraction of sp³-hybridized carbons (Fsp3) is 0. The van der Waals surface area contributed by atoms with E-state index in [9.17, 15) is 18.4 Å². The summed E-state index contributed by atoms with van der Waals surface area (Å²) in [6.07, 6.45) is 0. The van der Waals surface area contributed by atoms with Gasteiger partial charge in [-0.25, -0.2) is 18.4 Å². The topological polar surface area (TPSA) is 52.6 Å². The predicted octanol–water partition coefficient (Wildman–Crippen LogP) is 5.74. The second kappa shape index (κ2) is 7.93. The maximum atomic E-state index is 13.4. The molecule has 25 heavy (non-hydrogen) atoms. The molecule has 0 atom stereocenters. The van der Waals surface area contributed by atoms with Gasteiger partial charge in [-0.1, -0.05) is 64.1 Å². The minimum Gasteiger partial charge on any atom is -0.415 e. The molecule has 0 aromatic heterocycles. The molecule has 0 unspecified atom stereocenters. The first-order chi connectivity index (χ1) is 11.6. The Labute approximate surface area is 164 Å². The number of ether oxygens (including phenoxy) is 2. The van der Waals surface area contributed by atoms with Crippen LogP contribution in [0.4, 0.5) is 8.78 Å². The van der Waals surface area contributed by atoms with Crippen molar-refractivity contribution in [2.24, 2.45) is 0 Å². The molecular weight excluding hydrogens is 447 g/mol. The van der Waals surface area contributed by atoms with Crippen LogP contribution in [0.25, 0.3) is 0 Å². The number of esters is 2. The fourth-order valence-corrected chi connectivity index (χ4v) is 2.72. The van der Waals surface area contributed by atoms with Crippen LogP contribution in [0.3, 0.4) is 0 Å². The van der Waals surface area contributed by atoms with Gasteiger partial charge < -0.3 is 9.47 Å². The highest BCUT2D eigenvalue weighted by molar-refractivity contribution is 6.55. The smallest absolute Gasteiger partial charge is 0.415 e. The van der Waals surface area contributed by atoms with Crippen molar-refractivity contribution in [3.05, 3.63) is 54.9 Å². The number of hydrogen-bond donors (Lipinski definition) is 0. The third kappa shape index (κ3) is 4.10. The molecule has 11 heteroatoms. The van der Waals surface area contributed by atoms with E-state index >= 15 is 0 Å². The number of carbonyl (C=O) groups excluding carboxylic acids is 2. The average Bonchev–Trinajstić information content (AvgIpc) is 2.58. The molecule has 2 rings (SSSR count). The molecular formula is C14H3Cl5F2O4. The first kappa shape index (κ1) is 20.0. The standard InChI is InChI=1S/C14H3Cl5F2O4/c15-6-7(16)9(18)12(10(19)8(6)17)25-14(23)13(22)24-11-4(20)2-1-3-5(11)21/h1-3H. The lowest BCUT2D eigenvalue weighted by Crippen LogP contribution is -2.26. The second-order valence-corrected chi connectivity index (χ2v) is 6.12. The fourth-order valence-electron chi connectivity index (χ4n) is 1.52. The van der Waals surface area contributed by atoms with Crippen molar-refractivity contribution >= 4 is 69.9 Å². The van der Waals surface area contributed by atoms with Crippen LogP contribution in [-0.4, -0.2) is 11.9 Å². The van der Waals surface area contributed by atoms with Crippen molar-refractivity contribution in [1.82, 2.24) is 0 Å². The summed E-state index contributed by atoms with van der Waals surface area (Å²) >= 11 is 29.0. The molecule has 0 aliphatic rings. The molecule has 0 radical (unpaired) electrons. The van der Waals surface area contributed by atoms with Gasteiger partial charge in [0, 0.05) is 0 Å². The summed E-state index contributed by atoms with van der Waals surface area (Å²) in [6.45, 7) is 0. The van der Waals surface area contributed by atoms with Crippen LogP contribution < -0.4 is 9.47 Å². The molecule has 0 heterocycles. The molecule has 4 nitrogen and oxygen atoms in total. The van der Waals surface area contributed by atoms with E-state index in [1.807, 2.05) is 0 Å². The van der Waals surface area contributed by atoms with Gasteiger partial charge in [0.2, 0.25) is 5.75 Å². The van der Waals surface area contributed by atoms with Crippen LogP contribution >= 0.6 is 58.0 Å². The number of rotatable bonds is 2. The highest BCUT2D eigenvalue weighted by Gasteiger charge is 2.28. The van der Waals surface area contributed by atoms with Crippen molar-refractivity contribution < 1.29 is 27.8 Å². The Hall–Kier alpha value is -1.31. The molecule has 2 aromatic carbocycles. The molecule has 0 N–H and O–H groups in total. The van der Waals surface area contributed by atoms with Crippen molar-refractivity contribution in [1.29, 1.82) is 0 Å². The second-order valence-electron chi connectivity index (χ2n) is 4.23. The summed E-state index contributed by atoms with van der Waals surface area (Å²) in [5.41, 5.74) is 0. The van der Waals surface area contributed by atoms with Gasteiger partial charge in [0.1, 0.15) is 10.0 Å². The number of carbonyl (C=O) groups is 2. The van der Waals surface area contributed by atoms with Crippen molar-refractivity contribution in [2.45, 2.75) is 0 Å². The molecule has 0 amide bonds. The highest BCUT2D eigenvalue weighted by Crippen LogP contribution is 2.48. The quantitative estimate of drug-likeness (QED) is 0.192. The van der Waals surface area contributed by atoms with E-state index in [1.165, 1.54) is 0 Å². The van der Waals surface area contributed by atoms with Crippen LogP contribution in [0, 0.1) is 11.6 Å². The van der Waals surface area contributed by atoms with Crippen LogP contribution in [-0.2, 0) is 9.59 Å². The summed E-state index contributed by atoms with van der Waals surface area (Å²) in [5, 5.41) is -1.57. The maximum absolute atomic E-state index is 13.4. The van der Waals surface area contributed by atoms with Gasteiger partial charge >= 0.3 is 11.9 Å². The molecule has 0 bridgehead atoms. The first-order valence-electron chi connectivity index (χ1n) is 6.04. The van der Waals surface area contributed by atoms with Crippen LogP contribution in [0.2, 0.25) is 25.1 Å². The van der Waals surface area contributed by atoms with E-state index in [-0.39, 0.29) is 15.1 Å². The summed E-state index contributed by atoms with van der Waals surface area (Å²) in [4.78, 5) is 23.4. The van der Waals surface area contributed by atoms with Gasteiger partial charge in [-0.15, -0.1) is 0 Å². The Bertz CT molecular complexity index is 839. The zero-order chi connectivity index (χ0) is 18.9. The highest BCUT2D eigenvalue weighted by atomic mass is 35.5. The van der Waals surface area contributed by atoms with E-state index in [0.29, 0.717) is 0 Å². The van der Waals surface area contributed by atoms with E-state index in [2.05, 4.69) is 9.47 Å². The Morgan fingerprint density at radius 1 is 0.680 bits per heavy atom. The Balaban J connectivity index is 2.27. The lowest BCUT2D eigenvalue weighted by molar-refractivity contribution is -0.156. The zero-order valence-electron chi connectivity index (χ0n) is 11.5. The Kier molecular flexibility index (Phi) is 6.35. The van der Waals surface area contributed by atoms with Gasteiger partial charge in [-0.3, -0.25) is 0 Å². The molecule has 2 aromatic rings. The SMILES string of the molecule is O=C(Oc1c(F)cccc1F)C(=O)Oc1c(Cl)c(Cl)c(Cl)c(Cl)c1Cl. The van der Waals surface area contributed by atoms with Crippen molar-refractivity contribution in [3.8, 4) is 11.5 Å². The maximum Gasteiger partial charge on any atom is 0.423 e. The molecule has 0 saturated heterocycles. The van der Waals surface area contributed by atoms with Gasteiger partial charge in [0.25, 0.3) is 0 Å². The van der Waals surface area contributed by atoms with Gasteiger partial charge in [-0.05, 0) is 12.1 Å². The van der Waals surface area contributed by atoms with Gasteiger partial charge in [0.15, 0.2) is 17.4 Å². The monoisotopic (exact) mass is 448 g/mol. The third-order valence-corrected chi connectivity index (χ3v) is 4.89. The summed E-state index contributed by atoms with van der Waals surface area (Å²) in [5.74, 6) is -7.46. The lowest BCUT2D eigenvalue weighted by Gasteiger charge is -2.12. The lowest BCUT2D eigenvalue weighted by atomic mass is 10.3. The van der Waals surface area contributed by atoms with E-state index in [4.69, 9.17) is 58.0 Å². The zero-order valence-corrected chi connectivity index (χ0v) is 15.3. The molecule has 0 aliphatic heterocycles. The molecule has 0 fully saturated rings. The normalized spacial score (nSPS) is 10.5. The van der Waals surface area contributed by atoms with Crippen molar-refractivity contribution in [3.63, 3.8) is 0 Å². The van der Waals surface area contributed by atoms with Crippen LogP contribution in [0.5, 0.6) is 11.5 Å². The summed E-state index contributed by atoms with van der Waals surface area (Å²) < 4.78 is 35.8. The first-order valence-corrected chi connectivity index (χ1v) is 7.93. The predicted molar refractivity (Wildman–Crippen MR) is 89.1 cm³/mol. The van der Waals surface area contributed by atoms with E-state index in [1.54, 1.807) is 0 Å². The Morgan fingerprint density at radius 3 is 1.48 bits per heavy atom. The third-order valence-electron chi connectivity index (χ3n) is 2.64. The summed E-state index contributed by atoms with van der Waals surface area (Å²) in [6, 6.07) is 2.69. The van der Waals surface area contributed by atoms with Crippen LogP contribution in [0.15, 0.2) is 18.2 Å². The Morgan fingerprint density at radius 2 is 1.04 bits per heavy atom. The molecule has 0 aliphatic carbocycles. The molecule has 132 valence electrons. The largest absolute Gasteiger partial charge is 0.423 e. The molecule has 0 spiro atoms. The minimum absolute atomic E-state index is 0.200. The number of hydrogen-bond acceptors (Lipinski definition) is 4. The van der Waals surface area contributed by atoms with E-state index < -0.39 is 45.1 Å². The van der Waals surface area contributed by atoms with Gasteiger partial charge in [0.05, 0.1) is 15.1 Å². The molecule has 0 saturated carbocycles.